The summed E-state index contributed by atoms with van der Waals surface area (Å²) in [7, 11) is 0.915. The van der Waals surface area contributed by atoms with E-state index in [9.17, 15) is 0 Å². The third kappa shape index (κ3) is 6.37. The topological polar surface area (TPSA) is 0 Å². The van der Waals surface area contributed by atoms with E-state index in [1.54, 1.807) is 10.6 Å². The molecule has 0 aliphatic heterocycles. The number of rotatable bonds is 0. The first kappa shape index (κ1) is 23.5. The molecule has 0 aliphatic rings. The average molecular weight is 349 g/mol. The molecule has 0 saturated carbocycles. The molecule has 0 spiro atoms. The van der Waals surface area contributed by atoms with Gasteiger partial charge in [0.2, 0.25) is 0 Å². The van der Waals surface area contributed by atoms with Gasteiger partial charge < -0.3 is 37.2 Å². The molecule has 0 aliphatic carbocycles. The zero-order valence-corrected chi connectivity index (χ0v) is 16.0. The number of hydrogen-bond donors (Lipinski definition) is 0. The molecule has 1 rings (SSSR count). The van der Waals surface area contributed by atoms with E-state index < -0.39 is 0 Å². The van der Waals surface area contributed by atoms with E-state index in [-0.39, 0.29) is 37.2 Å². The Balaban J connectivity index is -0.000000653. The predicted molar refractivity (Wildman–Crippen MR) is 63.0 cm³/mol. The quantitative estimate of drug-likeness (QED) is 0.410. The third-order valence-electron chi connectivity index (χ3n) is 2.38. The van der Waals surface area contributed by atoms with E-state index in [1.165, 1.54) is 3.87 Å². The Morgan fingerprint density at radius 2 is 1.29 bits per heavy atom. The minimum Gasteiger partial charge on any atom is -1.00 e. The maximum Gasteiger partial charge on any atom is -1.00 e. The second-order valence-corrected chi connectivity index (χ2v) is 8.10. The summed E-state index contributed by atoms with van der Waals surface area (Å²) in [4.78, 5) is 0. The van der Waals surface area contributed by atoms with E-state index in [2.05, 4.69) is 68.0 Å². The molecule has 98 valence electrons. The molecule has 1 aromatic heterocycles. The summed E-state index contributed by atoms with van der Waals surface area (Å²) in [5.74, 6) is 0. The maximum absolute atomic E-state index is 2.40. The molecule has 0 amide bonds. The predicted octanol–water partition coefficient (Wildman–Crippen LogP) is -5.50. The molecule has 17 heavy (non-hydrogen) atoms. The molecule has 1 heterocycles. The summed E-state index contributed by atoms with van der Waals surface area (Å²) >= 11 is 2.26. The van der Waals surface area contributed by atoms with Crippen molar-refractivity contribution < 1.29 is 57.7 Å². The summed E-state index contributed by atoms with van der Waals surface area (Å²) in [6, 6.07) is 2.40. The molecule has 0 aromatic carbocycles. The summed E-state index contributed by atoms with van der Waals surface area (Å²) < 4.78 is 1.50. The summed E-state index contributed by atoms with van der Waals surface area (Å²) in [6.07, 6.45) is 0. The van der Waals surface area contributed by atoms with Crippen LogP contribution in [0.5, 0.6) is 0 Å². The molecular weight excluding hydrogens is 329 g/mol. The largest absolute Gasteiger partial charge is 1.00 e. The molecule has 1 unspecified atom stereocenters. The van der Waals surface area contributed by atoms with Crippen molar-refractivity contribution in [2.75, 3.05) is 0 Å². The van der Waals surface area contributed by atoms with E-state index in [0.29, 0.717) is 10.8 Å². The van der Waals surface area contributed by atoms with Crippen molar-refractivity contribution in [1.29, 1.82) is 0 Å². The van der Waals surface area contributed by atoms with Crippen molar-refractivity contribution in [1.82, 2.24) is 0 Å². The van der Waals surface area contributed by atoms with Gasteiger partial charge in [-0.2, -0.15) is 0 Å². The van der Waals surface area contributed by atoms with E-state index in [1.807, 2.05) is 0 Å². The fourth-order valence-corrected chi connectivity index (χ4v) is 4.22. The molecule has 0 radical (unpaired) electrons. The summed E-state index contributed by atoms with van der Waals surface area (Å²) in [5.41, 5.74) is 0.679. The van der Waals surface area contributed by atoms with E-state index in [4.69, 9.17) is 0 Å². The van der Waals surface area contributed by atoms with Gasteiger partial charge in [0.1, 0.15) is 0 Å². The molecule has 5 heteroatoms. The van der Waals surface area contributed by atoms with Crippen LogP contribution in [0, 0.1) is 0 Å². The Labute approximate surface area is 138 Å². The van der Waals surface area contributed by atoms with Gasteiger partial charge >= 0.3 is 102 Å². The zero-order chi connectivity index (χ0) is 11.1. The van der Waals surface area contributed by atoms with Crippen molar-refractivity contribution in [3.8, 4) is 0 Å². The first-order valence-electron chi connectivity index (χ1n) is 5.08. The van der Waals surface area contributed by atoms with Gasteiger partial charge in [-0.1, -0.05) is 0 Å². The van der Waals surface area contributed by atoms with Gasteiger partial charge in [0, 0.05) is 0 Å². The standard InChI is InChI=1S/C12H20P.3ClH.Ti/c1-11(2,3)9-7-8-10(13-9)12(4,5)6;;;;/h7,13H,1-6H3;3*1H;/q;;;;+3/p-3. The Morgan fingerprint density at radius 3 is 1.47 bits per heavy atom. The minimum absolute atomic E-state index is 0. The van der Waals surface area contributed by atoms with Gasteiger partial charge in [0.05, 0.1) is 0 Å². The number of halogens is 3. The Bertz CT molecular complexity index is 335. The average Bonchev–Trinajstić information content (AvgIpc) is 2.27. The second kappa shape index (κ2) is 7.83. The second-order valence-electron chi connectivity index (χ2n) is 5.97. The molecule has 1 aromatic rings. The minimum atomic E-state index is 0. The van der Waals surface area contributed by atoms with Gasteiger partial charge in [-0.05, 0) is 0 Å². The fourth-order valence-electron chi connectivity index (χ4n) is 1.45. The Hall–Kier alpha value is 1.36. The Kier molecular flexibility index (Phi) is 10.8. The maximum atomic E-state index is 2.40. The molecule has 0 nitrogen and oxygen atoms in total. The molecule has 1 atom stereocenters. The monoisotopic (exact) mass is 348 g/mol. The van der Waals surface area contributed by atoms with Gasteiger partial charge in [-0.15, -0.1) is 0 Å². The first-order chi connectivity index (χ1) is 6.12. The molecule has 0 N–H and O–H groups in total. The van der Waals surface area contributed by atoms with Crippen LogP contribution < -0.4 is 41.1 Å². The normalized spacial score (nSPS) is 11.5. The van der Waals surface area contributed by atoms with Crippen LogP contribution in [0.1, 0.15) is 52.1 Å². The van der Waals surface area contributed by atoms with Crippen LogP contribution in [0.4, 0.5) is 0 Å². The fraction of sp³-hybridized carbons (Fsp3) is 0.667. The third-order valence-corrected chi connectivity index (χ3v) is 5.81. The SMILES string of the molecule is CC(C)(C)c1c[c]([Ti+3])c(C(C)(C)C)[pH]1.[Cl-].[Cl-].[Cl-]. The first-order valence-corrected chi connectivity index (χ1v) is 6.86. The van der Waals surface area contributed by atoms with Crippen LogP contribution in [-0.2, 0) is 31.3 Å². The van der Waals surface area contributed by atoms with Crippen molar-refractivity contribution >= 4 is 12.1 Å². The van der Waals surface area contributed by atoms with E-state index in [0.717, 1.165) is 8.19 Å². The zero-order valence-electron chi connectivity index (χ0n) is 11.2. The molecule has 0 saturated heterocycles. The van der Waals surface area contributed by atoms with Crippen molar-refractivity contribution in [3.63, 3.8) is 0 Å². The molecular formula is C12H20Cl3PTi. The van der Waals surface area contributed by atoms with Gasteiger partial charge in [0.25, 0.3) is 0 Å². The van der Waals surface area contributed by atoms with Gasteiger partial charge in [0.15, 0.2) is 0 Å². The van der Waals surface area contributed by atoms with Crippen molar-refractivity contribution in [2.45, 2.75) is 52.4 Å². The number of hydrogen-bond acceptors (Lipinski definition) is 0. The van der Waals surface area contributed by atoms with Crippen LogP contribution in [0.3, 0.4) is 0 Å². The van der Waals surface area contributed by atoms with Gasteiger partial charge in [-0.3, -0.25) is 0 Å². The van der Waals surface area contributed by atoms with Crippen LogP contribution in [0.15, 0.2) is 6.07 Å². The van der Waals surface area contributed by atoms with Gasteiger partial charge in [-0.25, -0.2) is 0 Å². The summed E-state index contributed by atoms with van der Waals surface area (Å²) in [5, 5.41) is 3.25. The summed E-state index contributed by atoms with van der Waals surface area (Å²) in [6.45, 7) is 13.9. The van der Waals surface area contributed by atoms with E-state index >= 15 is 0 Å². The van der Waals surface area contributed by atoms with Crippen LogP contribution in [0.2, 0.25) is 0 Å². The van der Waals surface area contributed by atoms with Crippen molar-refractivity contribution in [2.24, 2.45) is 0 Å². The van der Waals surface area contributed by atoms with Crippen LogP contribution in [0.25, 0.3) is 0 Å². The Morgan fingerprint density at radius 1 is 0.882 bits per heavy atom. The molecule has 0 bridgehead atoms. The van der Waals surface area contributed by atoms with Crippen LogP contribution >= 0.6 is 8.19 Å². The van der Waals surface area contributed by atoms with Crippen LogP contribution in [-0.4, -0.2) is 0 Å². The smallest absolute Gasteiger partial charge is 1.00 e. The van der Waals surface area contributed by atoms with Crippen molar-refractivity contribution in [3.05, 3.63) is 16.7 Å². The molecule has 0 fully saturated rings.